The van der Waals surface area contributed by atoms with Crippen LogP contribution in [0.1, 0.15) is 17.2 Å². The molecule has 2 heterocycles. The van der Waals surface area contributed by atoms with Crippen molar-refractivity contribution in [1.29, 1.82) is 0 Å². The Bertz CT molecular complexity index is 814. The van der Waals surface area contributed by atoms with Crippen molar-refractivity contribution in [3.05, 3.63) is 65.7 Å². The first-order chi connectivity index (χ1) is 14.2. The molecule has 0 saturated carbocycles. The molecule has 2 fully saturated rings. The molecule has 0 aliphatic carbocycles. The highest BCUT2D eigenvalue weighted by atomic mass is 16.6. The highest BCUT2D eigenvalue weighted by molar-refractivity contribution is 5.68. The van der Waals surface area contributed by atoms with Crippen molar-refractivity contribution in [1.82, 2.24) is 10.2 Å². The number of hydrogen-bond acceptors (Lipinski definition) is 6. The molecule has 4 atom stereocenters. The lowest BCUT2D eigenvalue weighted by molar-refractivity contribution is -0.214. The molecular formula is C22H26N2O5. The van der Waals surface area contributed by atoms with Crippen molar-refractivity contribution in [2.24, 2.45) is 0 Å². The lowest BCUT2D eigenvalue weighted by Crippen LogP contribution is -2.66. The highest BCUT2D eigenvalue weighted by Crippen LogP contribution is 2.33. The predicted molar refractivity (Wildman–Crippen MR) is 107 cm³/mol. The van der Waals surface area contributed by atoms with E-state index in [2.05, 4.69) is 5.32 Å². The van der Waals surface area contributed by atoms with Crippen LogP contribution in [0.3, 0.4) is 0 Å². The van der Waals surface area contributed by atoms with Gasteiger partial charge in [-0.05, 0) is 23.3 Å². The second kappa shape index (κ2) is 8.82. The van der Waals surface area contributed by atoms with Crippen LogP contribution in [-0.4, -0.2) is 56.7 Å². The van der Waals surface area contributed by atoms with Gasteiger partial charge >= 0.3 is 6.09 Å². The average molecular weight is 398 g/mol. The predicted octanol–water partition coefficient (Wildman–Crippen LogP) is 2.72. The number of fused-ring (bicyclic) bond motifs is 2. The minimum absolute atomic E-state index is 0.105. The summed E-state index contributed by atoms with van der Waals surface area (Å²) in [5.74, 6) is 0.793. The SMILES string of the molecule is COc1ccc([C@H]2NCC3CN(C(=O)OCc4ccccc4)[C@H](OC)C2O3)cc1. The number of rotatable bonds is 5. The third-order valence-corrected chi connectivity index (χ3v) is 5.39. The van der Waals surface area contributed by atoms with E-state index in [1.54, 1.807) is 19.1 Å². The fourth-order valence-corrected chi connectivity index (χ4v) is 3.92. The van der Waals surface area contributed by atoms with Crippen LogP contribution in [0.4, 0.5) is 4.79 Å². The molecule has 2 bridgehead atoms. The van der Waals surface area contributed by atoms with Crippen molar-refractivity contribution in [2.75, 3.05) is 27.3 Å². The number of nitrogens with zero attached hydrogens (tertiary/aromatic N) is 1. The second-order valence-electron chi connectivity index (χ2n) is 7.20. The standard InChI is InChI=1S/C22H26N2O5/c1-26-17-10-8-16(9-11-17)19-20-21(27-2)24(13-18(29-20)12-23-19)22(25)28-14-15-6-4-3-5-7-15/h3-11,18-21,23H,12-14H2,1-2H3/t18?,19-,20?,21-/m1/s1. The van der Waals surface area contributed by atoms with Crippen LogP contribution in [0.25, 0.3) is 0 Å². The quantitative estimate of drug-likeness (QED) is 0.835. The Morgan fingerprint density at radius 2 is 1.90 bits per heavy atom. The van der Waals surface area contributed by atoms with Crippen molar-refractivity contribution < 1.29 is 23.7 Å². The monoisotopic (exact) mass is 398 g/mol. The van der Waals surface area contributed by atoms with E-state index < -0.39 is 12.3 Å². The maximum absolute atomic E-state index is 12.8. The minimum Gasteiger partial charge on any atom is -0.497 e. The number of carbonyl (C=O) groups excluding carboxylic acids is 1. The van der Waals surface area contributed by atoms with Gasteiger partial charge < -0.3 is 24.3 Å². The first kappa shape index (κ1) is 19.7. The van der Waals surface area contributed by atoms with E-state index in [1.165, 1.54) is 0 Å². The van der Waals surface area contributed by atoms with Gasteiger partial charge in [0.15, 0.2) is 6.23 Å². The van der Waals surface area contributed by atoms with Crippen LogP contribution in [0.2, 0.25) is 0 Å². The van der Waals surface area contributed by atoms with Crippen LogP contribution in [0.15, 0.2) is 54.6 Å². The van der Waals surface area contributed by atoms with Crippen molar-refractivity contribution in [3.8, 4) is 5.75 Å². The lowest BCUT2D eigenvalue weighted by atomic mass is 9.95. The van der Waals surface area contributed by atoms with Gasteiger partial charge in [-0.15, -0.1) is 0 Å². The molecule has 0 aromatic heterocycles. The number of methoxy groups -OCH3 is 2. The number of benzene rings is 2. The Morgan fingerprint density at radius 3 is 2.59 bits per heavy atom. The van der Waals surface area contributed by atoms with Crippen LogP contribution < -0.4 is 10.1 Å². The number of morpholine rings is 2. The fourth-order valence-electron chi connectivity index (χ4n) is 3.92. The first-order valence-corrected chi connectivity index (χ1v) is 9.72. The number of ether oxygens (including phenoxy) is 4. The highest BCUT2D eigenvalue weighted by Gasteiger charge is 2.47. The van der Waals surface area contributed by atoms with Crippen LogP contribution in [0.5, 0.6) is 5.75 Å². The maximum atomic E-state index is 12.8. The second-order valence-corrected chi connectivity index (χ2v) is 7.20. The largest absolute Gasteiger partial charge is 0.497 e. The third kappa shape index (κ3) is 4.22. The molecule has 0 spiro atoms. The molecule has 2 aliphatic rings. The van der Waals surface area contributed by atoms with Gasteiger partial charge in [0.05, 0.1) is 25.8 Å². The zero-order chi connectivity index (χ0) is 20.2. The molecule has 2 aromatic rings. The zero-order valence-corrected chi connectivity index (χ0v) is 16.6. The van der Waals surface area contributed by atoms with Gasteiger partial charge in [0.1, 0.15) is 18.5 Å². The molecule has 29 heavy (non-hydrogen) atoms. The Morgan fingerprint density at radius 1 is 1.14 bits per heavy atom. The topological polar surface area (TPSA) is 69.3 Å². The summed E-state index contributed by atoms with van der Waals surface area (Å²) in [5.41, 5.74) is 2.00. The van der Waals surface area contributed by atoms with Crippen molar-refractivity contribution >= 4 is 6.09 Å². The van der Waals surface area contributed by atoms with Gasteiger partial charge in [-0.2, -0.15) is 0 Å². The summed E-state index contributed by atoms with van der Waals surface area (Å²) < 4.78 is 22.7. The Labute approximate surface area is 170 Å². The van der Waals surface area contributed by atoms with Gasteiger partial charge in [0.2, 0.25) is 0 Å². The average Bonchev–Trinajstić information content (AvgIpc) is 2.78. The van der Waals surface area contributed by atoms with Gasteiger partial charge in [-0.25, -0.2) is 4.79 Å². The molecule has 1 amide bonds. The van der Waals surface area contributed by atoms with Crippen LogP contribution in [-0.2, 0) is 20.8 Å². The number of amides is 1. The first-order valence-electron chi connectivity index (χ1n) is 9.72. The van der Waals surface area contributed by atoms with E-state index in [0.29, 0.717) is 13.1 Å². The molecule has 7 nitrogen and oxygen atoms in total. The summed E-state index contributed by atoms with van der Waals surface area (Å²) in [6.45, 7) is 1.29. The molecule has 4 rings (SSSR count). The number of hydrogen-bond donors (Lipinski definition) is 1. The Hall–Kier alpha value is -2.61. The summed E-state index contributed by atoms with van der Waals surface area (Å²) in [4.78, 5) is 14.5. The molecule has 2 aromatic carbocycles. The van der Waals surface area contributed by atoms with Crippen LogP contribution in [0, 0.1) is 0 Å². The Kier molecular flexibility index (Phi) is 5.99. The summed E-state index contributed by atoms with van der Waals surface area (Å²) in [6, 6.07) is 17.4. The normalized spacial score (nSPS) is 26.1. The van der Waals surface area contributed by atoms with Crippen LogP contribution >= 0.6 is 0 Å². The van der Waals surface area contributed by atoms with E-state index >= 15 is 0 Å². The molecule has 2 unspecified atom stereocenters. The smallest absolute Gasteiger partial charge is 0.412 e. The zero-order valence-electron chi connectivity index (χ0n) is 16.6. The summed E-state index contributed by atoms with van der Waals surface area (Å²) in [5, 5.41) is 3.53. The van der Waals surface area contributed by atoms with Gasteiger partial charge in [0, 0.05) is 13.7 Å². The van der Waals surface area contributed by atoms with Crippen molar-refractivity contribution in [3.63, 3.8) is 0 Å². The molecule has 154 valence electrons. The van der Waals surface area contributed by atoms with Gasteiger partial charge in [-0.1, -0.05) is 42.5 Å². The molecule has 7 heteroatoms. The summed E-state index contributed by atoms with van der Waals surface area (Å²) >= 11 is 0. The molecule has 0 radical (unpaired) electrons. The van der Waals surface area contributed by atoms with Gasteiger partial charge in [0.25, 0.3) is 0 Å². The number of nitrogens with one attached hydrogen (secondary N) is 1. The molecule has 2 saturated heterocycles. The molecule has 1 N–H and O–H groups in total. The van der Waals surface area contributed by atoms with Gasteiger partial charge in [-0.3, -0.25) is 4.90 Å². The van der Waals surface area contributed by atoms with E-state index in [9.17, 15) is 4.79 Å². The molecule has 2 aliphatic heterocycles. The third-order valence-electron chi connectivity index (χ3n) is 5.39. The lowest BCUT2D eigenvalue weighted by Gasteiger charge is -2.49. The van der Waals surface area contributed by atoms with E-state index in [-0.39, 0.29) is 24.9 Å². The molecular weight excluding hydrogens is 372 g/mol. The maximum Gasteiger partial charge on any atom is 0.412 e. The summed E-state index contributed by atoms with van der Waals surface area (Å²) in [7, 11) is 3.23. The van der Waals surface area contributed by atoms with E-state index in [4.69, 9.17) is 18.9 Å². The van der Waals surface area contributed by atoms with E-state index in [1.807, 2.05) is 54.6 Å². The van der Waals surface area contributed by atoms with E-state index in [0.717, 1.165) is 16.9 Å². The summed E-state index contributed by atoms with van der Waals surface area (Å²) in [6.07, 6.45) is -1.39. The van der Waals surface area contributed by atoms with Crippen molar-refractivity contribution in [2.45, 2.75) is 31.1 Å². The minimum atomic E-state index is -0.547. The Balaban J connectivity index is 1.49. The number of carbonyl (C=O) groups is 1. The fraction of sp³-hybridized carbons (Fsp3) is 0.409.